The molecule has 3 rings (SSSR count). The third-order valence-electron chi connectivity index (χ3n) is 4.97. The van der Waals surface area contributed by atoms with E-state index in [1.54, 1.807) is 23.4 Å². The monoisotopic (exact) mass is 405 g/mol. The maximum absolute atomic E-state index is 12.8. The first-order valence-corrected chi connectivity index (χ1v) is 10.9. The molecule has 0 saturated carbocycles. The number of aryl methyl sites for hydroxylation is 2. The van der Waals surface area contributed by atoms with Crippen LogP contribution in [0.5, 0.6) is 0 Å². The van der Waals surface area contributed by atoms with Crippen LogP contribution < -0.4 is 5.32 Å². The highest BCUT2D eigenvalue weighted by molar-refractivity contribution is 7.89. The van der Waals surface area contributed by atoms with Crippen molar-refractivity contribution in [1.82, 2.24) is 24.1 Å². The quantitative estimate of drug-likeness (QED) is 0.814. The van der Waals surface area contributed by atoms with E-state index in [1.165, 1.54) is 16.1 Å². The summed E-state index contributed by atoms with van der Waals surface area (Å²) in [4.78, 5) is 18.3. The van der Waals surface area contributed by atoms with Crippen LogP contribution in [0.2, 0.25) is 0 Å². The Bertz CT molecular complexity index is 891. The molecule has 1 aliphatic rings. The molecule has 28 heavy (non-hydrogen) atoms. The molecule has 2 aromatic rings. The summed E-state index contributed by atoms with van der Waals surface area (Å²) in [5, 5.41) is 2.99. The number of amides is 2. The minimum Gasteiger partial charge on any atom is -0.338 e. The van der Waals surface area contributed by atoms with Crippen molar-refractivity contribution in [2.75, 3.05) is 32.7 Å². The maximum atomic E-state index is 12.8. The van der Waals surface area contributed by atoms with Crippen molar-refractivity contribution in [3.63, 3.8) is 0 Å². The van der Waals surface area contributed by atoms with Crippen LogP contribution in [-0.4, -0.2) is 65.9 Å². The number of imidazole rings is 1. The molecule has 2 heterocycles. The number of hydrogen-bond donors (Lipinski definition) is 1. The third-order valence-corrected chi connectivity index (χ3v) is 6.74. The lowest BCUT2D eigenvalue weighted by atomic mass is 10.1. The van der Waals surface area contributed by atoms with E-state index in [0.717, 1.165) is 6.42 Å². The molecule has 2 amide bonds. The lowest BCUT2D eigenvalue weighted by Crippen LogP contribution is -2.43. The number of nitrogens with one attached hydrogen (secondary N) is 1. The molecule has 8 nitrogen and oxygen atoms in total. The van der Waals surface area contributed by atoms with Crippen molar-refractivity contribution in [1.29, 1.82) is 0 Å². The largest absolute Gasteiger partial charge is 0.338 e. The summed E-state index contributed by atoms with van der Waals surface area (Å²) >= 11 is 0. The van der Waals surface area contributed by atoms with Crippen molar-refractivity contribution in [3.05, 3.63) is 47.9 Å². The van der Waals surface area contributed by atoms with Crippen molar-refractivity contribution in [3.8, 4) is 0 Å². The Morgan fingerprint density at radius 1 is 1.14 bits per heavy atom. The topological polar surface area (TPSA) is 87.5 Å². The molecule has 1 aromatic carbocycles. The first kappa shape index (κ1) is 20.3. The molecule has 0 atom stereocenters. The van der Waals surface area contributed by atoms with Crippen LogP contribution in [0.4, 0.5) is 4.79 Å². The number of nitrogens with zero attached hydrogens (tertiary/aromatic N) is 4. The van der Waals surface area contributed by atoms with Crippen LogP contribution >= 0.6 is 0 Å². The van der Waals surface area contributed by atoms with Gasteiger partial charge in [0.1, 0.15) is 5.82 Å². The molecule has 0 aliphatic carbocycles. The smallest absolute Gasteiger partial charge is 0.317 e. The summed E-state index contributed by atoms with van der Waals surface area (Å²) in [7, 11) is -1.88. The van der Waals surface area contributed by atoms with E-state index < -0.39 is 10.0 Å². The average molecular weight is 406 g/mol. The molecule has 1 fully saturated rings. The van der Waals surface area contributed by atoms with Crippen molar-refractivity contribution in [2.45, 2.75) is 24.8 Å². The zero-order valence-corrected chi connectivity index (χ0v) is 17.2. The number of rotatable bonds is 5. The van der Waals surface area contributed by atoms with Gasteiger partial charge in [0.25, 0.3) is 10.0 Å². The van der Waals surface area contributed by atoms with Gasteiger partial charge in [-0.3, -0.25) is 0 Å². The number of urea groups is 1. The second kappa shape index (κ2) is 8.74. The van der Waals surface area contributed by atoms with Gasteiger partial charge in [0.2, 0.25) is 0 Å². The minimum absolute atomic E-state index is 0.0632. The average Bonchev–Trinajstić information content (AvgIpc) is 2.88. The van der Waals surface area contributed by atoms with Gasteiger partial charge in [0.05, 0.1) is 0 Å². The van der Waals surface area contributed by atoms with Crippen molar-refractivity contribution < 1.29 is 13.2 Å². The van der Waals surface area contributed by atoms with Gasteiger partial charge in [0.15, 0.2) is 5.03 Å². The molecular weight excluding hydrogens is 378 g/mol. The Morgan fingerprint density at radius 3 is 2.57 bits per heavy atom. The summed E-state index contributed by atoms with van der Waals surface area (Å²) in [6.45, 7) is 3.86. The maximum Gasteiger partial charge on any atom is 0.317 e. The van der Waals surface area contributed by atoms with Gasteiger partial charge in [-0.2, -0.15) is 4.31 Å². The van der Waals surface area contributed by atoms with E-state index in [0.29, 0.717) is 38.4 Å². The molecule has 0 spiro atoms. The van der Waals surface area contributed by atoms with Crippen molar-refractivity contribution >= 4 is 16.1 Å². The van der Waals surface area contributed by atoms with E-state index in [-0.39, 0.29) is 17.6 Å². The number of hydrogen-bond acceptors (Lipinski definition) is 4. The van der Waals surface area contributed by atoms with E-state index >= 15 is 0 Å². The standard InChI is InChI=1S/C19H27N5O3S/c1-16-21-18(15-22(16)2)28(26,27)24-12-6-11-23(13-14-24)19(25)20-10-9-17-7-4-3-5-8-17/h3-5,7-8,15H,6,9-14H2,1-2H3,(H,20,25). The van der Waals surface area contributed by atoms with Crippen LogP contribution in [-0.2, 0) is 23.5 Å². The fourth-order valence-electron chi connectivity index (χ4n) is 3.19. The molecule has 0 unspecified atom stereocenters. The Hall–Kier alpha value is -2.39. The van der Waals surface area contributed by atoms with Gasteiger partial charge in [-0.1, -0.05) is 30.3 Å². The van der Waals surface area contributed by atoms with Gasteiger partial charge in [-0.15, -0.1) is 0 Å². The fraction of sp³-hybridized carbons (Fsp3) is 0.474. The summed E-state index contributed by atoms with van der Waals surface area (Å²) in [5.74, 6) is 0.646. The van der Waals surface area contributed by atoms with Crippen LogP contribution in [0.25, 0.3) is 0 Å². The minimum atomic E-state index is -3.65. The highest BCUT2D eigenvalue weighted by atomic mass is 32.2. The predicted octanol–water partition coefficient (Wildman–Crippen LogP) is 1.38. The van der Waals surface area contributed by atoms with Gasteiger partial charge in [0, 0.05) is 46.0 Å². The molecule has 0 bridgehead atoms. The van der Waals surface area contributed by atoms with Gasteiger partial charge in [-0.05, 0) is 25.3 Å². The van der Waals surface area contributed by atoms with Crippen LogP contribution in [0, 0.1) is 6.92 Å². The lowest BCUT2D eigenvalue weighted by molar-refractivity contribution is 0.200. The summed E-state index contributed by atoms with van der Waals surface area (Å²) in [6.07, 6.45) is 2.89. The Labute approximate surface area is 166 Å². The fourth-order valence-corrected chi connectivity index (χ4v) is 4.69. The first-order chi connectivity index (χ1) is 13.4. The number of carbonyl (C=O) groups is 1. The highest BCUT2D eigenvalue weighted by Gasteiger charge is 2.30. The SMILES string of the molecule is Cc1nc(S(=O)(=O)N2CCCN(C(=O)NCCc3ccccc3)CC2)cn1C. The number of benzene rings is 1. The molecular formula is C19H27N5O3S. The molecule has 152 valence electrons. The zero-order valence-electron chi connectivity index (χ0n) is 16.3. The van der Waals surface area contributed by atoms with E-state index in [9.17, 15) is 13.2 Å². The molecule has 1 N–H and O–H groups in total. The molecule has 1 aromatic heterocycles. The van der Waals surface area contributed by atoms with E-state index in [4.69, 9.17) is 0 Å². The zero-order chi connectivity index (χ0) is 20.1. The molecule has 9 heteroatoms. The molecule has 0 radical (unpaired) electrons. The number of sulfonamides is 1. The van der Waals surface area contributed by atoms with Crippen LogP contribution in [0.3, 0.4) is 0 Å². The Morgan fingerprint density at radius 2 is 1.89 bits per heavy atom. The van der Waals surface area contributed by atoms with Crippen LogP contribution in [0.1, 0.15) is 17.8 Å². The van der Waals surface area contributed by atoms with Crippen LogP contribution in [0.15, 0.2) is 41.6 Å². The Kier molecular flexibility index (Phi) is 6.35. The van der Waals surface area contributed by atoms with Crippen molar-refractivity contribution in [2.24, 2.45) is 7.05 Å². The first-order valence-electron chi connectivity index (χ1n) is 9.45. The second-order valence-electron chi connectivity index (χ2n) is 6.95. The normalized spacial score (nSPS) is 16.0. The number of carbonyl (C=O) groups excluding carboxylic acids is 1. The lowest BCUT2D eigenvalue weighted by Gasteiger charge is -2.21. The van der Waals surface area contributed by atoms with E-state index in [2.05, 4.69) is 10.3 Å². The second-order valence-corrected chi connectivity index (χ2v) is 8.83. The Balaban J connectivity index is 1.54. The number of aromatic nitrogens is 2. The van der Waals surface area contributed by atoms with E-state index in [1.807, 2.05) is 30.3 Å². The molecule has 1 aliphatic heterocycles. The summed E-state index contributed by atoms with van der Waals surface area (Å²) in [6, 6.07) is 9.82. The third kappa shape index (κ3) is 4.71. The highest BCUT2D eigenvalue weighted by Crippen LogP contribution is 2.17. The summed E-state index contributed by atoms with van der Waals surface area (Å²) < 4.78 is 28.8. The summed E-state index contributed by atoms with van der Waals surface area (Å²) in [5.41, 5.74) is 1.17. The predicted molar refractivity (Wildman–Crippen MR) is 106 cm³/mol. The van der Waals surface area contributed by atoms with Gasteiger partial charge in [-0.25, -0.2) is 18.2 Å². The molecule has 1 saturated heterocycles. The van der Waals surface area contributed by atoms with Gasteiger partial charge >= 0.3 is 6.03 Å². The van der Waals surface area contributed by atoms with Gasteiger partial charge < -0.3 is 14.8 Å².